The van der Waals surface area contributed by atoms with Crippen LogP contribution in [0.3, 0.4) is 0 Å². The Morgan fingerprint density at radius 2 is 1.76 bits per heavy atom. The van der Waals surface area contributed by atoms with Gasteiger partial charge in [0, 0.05) is 6.54 Å². The summed E-state index contributed by atoms with van der Waals surface area (Å²) in [7, 11) is 0. The van der Waals surface area contributed by atoms with E-state index in [2.05, 4.69) is 5.32 Å². The van der Waals surface area contributed by atoms with E-state index in [-0.39, 0.29) is 11.7 Å². The monoisotopic (exact) mass is 284 g/mol. The molecule has 4 N–H and O–H groups in total. The molecule has 2 aromatic rings. The summed E-state index contributed by atoms with van der Waals surface area (Å²) in [5.74, 6) is 0.0572. The van der Waals surface area contributed by atoms with E-state index in [0.29, 0.717) is 13.0 Å². The number of nitrogens with one attached hydrogen (secondary N) is 1. The molecule has 0 saturated carbocycles. The smallest absolute Gasteiger partial charge is 0.241 e. The average molecular weight is 284 g/mol. The van der Waals surface area contributed by atoms with Gasteiger partial charge in [0.1, 0.15) is 11.8 Å². The zero-order valence-electron chi connectivity index (χ0n) is 12.0. The Hall–Kier alpha value is -2.33. The lowest BCUT2D eigenvalue weighted by atomic mass is 10.1. The molecule has 4 nitrogen and oxygen atoms in total. The standard InChI is InChI=1S/C17H20N2O2/c1-12-2-6-14(7-3-12)16(18)17(21)19-11-10-13-4-8-15(20)9-5-13/h2-9,16,20H,10-11,18H2,1H3,(H,19,21). The van der Waals surface area contributed by atoms with Gasteiger partial charge in [-0.05, 0) is 36.6 Å². The van der Waals surface area contributed by atoms with Crippen LogP contribution < -0.4 is 11.1 Å². The number of amides is 1. The van der Waals surface area contributed by atoms with E-state index < -0.39 is 6.04 Å². The Kier molecular flexibility index (Phi) is 4.95. The van der Waals surface area contributed by atoms with Crippen molar-refractivity contribution in [2.45, 2.75) is 19.4 Å². The Labute approximate surface area is 124 Å². The van der Waals surface area contributed by atoms with Crippen molar-refractivity contribution in [1.29, 1.82) is 0 Å². The lowest BCUT2D eigenvalue weighted by Gasteiger charge is -2.13. The second kappa shape index (κ2) is 6.90. The van der Waals surface area contributed by atoms with Crippen molar-refractivity contribution in [2.75, 3.05) is 6.54 Å². The lowest BCUT2D eigenvalue weighted by molar-refractivity contribution is -0.122. The molecule has 1 atom stereocenters. The summed E-state index contributed by atoms with van der Waals surface area (Å²) < 4.78 is 0. The van der Waals surface area contributed by atoms with Gasteiger partial charge < -0.3 is 16.2 Å². The Morgan fingerprint density at radius 1 is 1.14 bits per heavy atom. The number of hydrogen-bond acceptors (Lipinski definition) is 3. The average Bonchev–Trinajstić information content (AvgIpc) is 2.49. The molecule has 0 radical (unpaired) electrons. The Bertz CT molecular complexity index is 591. The van der Waals surface area contributed by atoms with Gasteiger partial charge in [0.25, 0.3) is 0 Å². The third-order valence-corrected chi connectivity index (χ3v) is 3.37. The molecule has 0 aliphatic carbocycles. The first kappa shape index (κ1) is 15.1. The number of nitrogens with two attached hydrogens (primary N) is 1. The fourth-order valence-electron chi connectivity index (χ4n) is 2.03. The van der Waals surface area contributed by atoms with Crippen LogP contribution in [-0.2, 0) is 11.2 Å². The summed E-state index contributed by atoms with van der Waals surface area (Å²) in [5.41, 5.74) is 8.94. The van der Waals surface area contributed by atoms with Gasteiger partial charge in [0.15, 0.2) is 0 Å². The molecule has 110 valence electrons. The third kappa shape index (κ3) is 4.33. The molecule has 0 saturated heterocycles. The van der Waals surface area contributed by atoms with Crippen LogP contribution in [0.2, 0.25) is 0 Å². The van der Waals surface area contributed by atoms with Crippen molar-refractivity contribution in [3.63, 3.8) is 0 Å². The number of carbonyl (C=O) groups excluding carboxylic acids is 1. The first-order chi connectivity index (χ1) is 10.1. The van der Waals surface area contributed by atoms with Gasteiger partial charge in [-0.1, -0.05) is 42.0 Å². The predicted octanol–water partition coefficient (Wildman–Crippen LogP) is 2.06. The van der Waals surface area contributed by atoms with Crippen LogP contribution in [0.4, 0.5) is 0 Å². The van der Waals surface area contributed by atoms with Gasteiger partial charge >= 0.3 is 0 Å². The zero-order valence-corrected chi connectivity index (χ0v) is 12.0. The van der Waals surface area contributed by atoms with Gasteiger partial charge in [-0.2, -0.15) is 0 Å². The van der Waals surface area contributed by atoms with Gasteiger partial charge in [0.05, 0.1) is 0 Å². The maximum absolute atomic E-state index is 12.0. The minimum Gasteiger partial charge on any atom is -0.508 e. The topological polar surface area (TPSA) is 75.4 Å². The summed E-state index contributed by atoms with van der Waals surface area (Å²) >= 11 is 0. The molecule has 4 heteroatoms. The van der Waals surface area contributed by atoms with E-state index in [1.165, 1.54) is 0 Å². The second-order valence-electron chi connectivity index (χ2n) is 5.10. The number of benzene rings is 2. The van der Waals surface area contributed by atoms with Gasteiger partial charge in [-0.15, -0.1) is 0 Å². The Balaban J connectivity index is 1.83. The molecule has 1 amide bonds. The number of aryl methyl sites for hydroxylation is 1. The van der Waals surface area contributed by atoms with Crippen LogP contribution in [0.15, 0.2) is 48.5 Å². The molecule has 0 spiro atoms. The zero-order chi connectivity index (χ0) is 15.2. The molecule has 0 aliphatic rings. The highest BCUT2D eigenvalue weighted by Crippen LogP contribution is 2.12. The number of phenolic OH excluding ortho intramolecular Hbond substituents is 1. The summed E-state index contributed by atoms with van der Waals surface area (Å²) in [4.78, 5) is 12.0. The fourth-order valence-corrected chi connectivity index (χ4v) is 2.03. The highest BCUT2D eigenvalue weighted by molar-refractivity contribution is 5.82. The van der Waals surface area contributed by atoms with E-state index >= 15 is 0 Å². The highest BCUT2D eigenvalue weighted by atomic mass is 16.3. The van der Waals surface area contributed by atoms with E-state index in [9.17, 15) is 9.90 Å². The minimum atomic E-state index is -0.648. The van der Waals surface area contributed by atoms with Crippen LogP contribution in [0, 0.1) is 6.92 Å². The molecule has 0 aromatic heterocycles. The second-order valence-corrected chi connectivity index (χ2v) is 5.10. The van der Waals surface area contributed by atoms with E-state index in [0.717, 1.165) is 16.7 Å². The number of rotatable bonds is 5. The van der Waals surface area contributed by atoms with Crippen molar-refractivity contribution in [3.8, 4) is 5.75 Å². The molecular formula is C17H20N2O2. The first-order valence-electron chi connectivity index (χ1n) is 6.94. The molecule has 1 unspecified atom stereocenters. The van der Waals surface area contributed by atoms with E-state index in [1.54, 1.807) is 12.1 Å². The van der Waals surface area contributed by atoms with Crippen LogP contribution in [-0.4, -0.2) is 17.6 Å². The summed E-state index contributed by atoms with van der Waals surface area (Å²) in [6, 6.07) is 13.9. The van der Waals surface area contributed by atoms with Gasteiger partial charge in [0.2, 0.25) is 5.91 Å². The molecule has 0 heterocycles. The van der Waals surface area contributed by atoms with Crippen molar-refractivity contribution in [2.24, 2.45) is 5.73 Å². The molecule has 0 bridgehead atoms. The van der Waals surface area contributed by atoms with Crippen LogP contribution >= 0.6 is 0 Å². The number of carbonyl (C=O) groups is 1. The highest BCUT2D eigenvalue weighted by Gasteiger charge is 2.14. The SMILES string of the molecule is Cc1ccc(C(N)C(=O)NCCc2ccc(O)cc2)cc1. The molecule has 2 rings (SSSR count). The van der Waals surface area contributed by atoms with Crippen LogP contribution in [0.1, 0.15) is 22.7 Å². The predicted molar refractivity (Wildman–Crippen MR) is 82.9 cm³/mol. The van der Waals surface area contributed by atoms with Gasteiger partial charge in [-0.25, -0.2) is 0 Å². The first-order valence-corrected chi connectivity index (χ1v) is 6.94. The Morgan fingerprint density at radius 3 is 2.38 bits per heavy atom. The van der Waals surface area contributed by atoms with E-state index in [1.807, 2.05) is 43.3 Å². The maximum atomic E-state index is 12.0. The number of aromatic hydroxyl groups is 1. The van der Waals surface area contributed by atoms with Crippen molar-refractivity contribution >= 4 is 5.91 Å². The summed E-state index contributed by atoms with van der Waals surface area (Å²) in [6.45, 7) is 2.51. The molecule has 2 aromatic carbocycles. The van der Waals surface area contributed by atoms with Gasteiger partial charge in [-0.3, -0.25) is 4.79 Å². The van der Waals surface area contributed by atoms with Crippen molar-refractivity contribution < 1.29 is 9.90 Å². The number of hydrogen-bond donors (Lipinski definition) is 3. The largest absolute Gasteiger partial charge is 0.508 e. The summed E-state index contributed by atoms with van der Waals surface area (Å²) in [6.07, 6.45) is 0.701. The molecule has 0 fully saturated rings. The molecular weight excluding hydrogens is 264 g/mol. The minimum absolute atomic E-state index is 0.183. The van der Waals surface area contributed by atoms with Crippen molar-refractivity contribution in [1.82, 2.24) is 5.32 Å². The van der Waals surface area contributed by atoms with Crippen LogP contribution in [0.5, 0.6) is 5.75 Å². The summed E-state index contributed by atoms with van der Waals surface area (Å²) in [5, 5.41) is 12.0. The van der Waals surface area contributed by atoms with Crippen molar-refractivity contribution in [3.05, 3.63) is 65.2 Å². The molecule has 21 heavy (non-hydrogen) atoms. The normalized spacial score (nSPS) is 11.9. The third-order valence-electron chi connectivity index (χ3n) is 3.37. The number of phenols is 1. The maximum Gasteiger partial charge on any atom is 0.241 e. The quantitative estimate of drug-likeness (QED) is 0.786. The van der Waals surface area contributed by atoms with E-state index in [4.69, 9.17) is 5.73 Å². The fraction of sp³-hybridized carbons (Fsp3) is 0.235. The molecule has 0 aliphatic heterocycles. The van der Waals surface area contributed by atoms with Crippen LogP contribution in [0.25, 0.3) is 0 Å². The lowest BCUT2D eigenvalue weighted by Crippen LogP contribution is -2.35.